The van der Waals surface area contributed by atoms with E-state index in [2.05, 4.69) is 15.9 Å². The van der Waals surface area contributed by atoms with Crippen LogP contribution in [0.25, 0.3) is 22.1 Å². The molecule has 5 nitrogen and oxygen atoms in total. The third-order valence-electron chi connectivity index (χ3n) is 5.83. The molecular weight excluding hydrogens is 508 g/mol. The number of rotatable bonds is 5. The van der Waals surface area contributed by atoms with E-state index in [0.29, 0.717) is 29.1 Å². The molecule has 0 N–H and O–H groups in total. The fourth-order valence-electron chi connectivity index (χ4n) is 3.87. The highest BCUT2D eigenvalue weighted by Crippen LogP contribution is 2.36. The highest BCUT2D eigenvalue weighted by Gasteiger charge is 2.24. The molecule has 0 fully saturated rings. The van der Waals surface area contributed by atoms with Crippen LogP contribution in [0.5, 0.6) is 11.5 Å². The molecule has 1 aromatic heterocycles. The van der Waals surface area contributed by atoms with Gasteiger partial charge < -0.3 is 13.9 Å². The van der Waals surface area contributed by atoms with Crippen LogP contribution in [-0.2, 0) is 11.2 Å². The summed E-state index contributed by atoms with van der Waals surface area (Å²) in [5.74, 6) is 0.774. The predicted molar refractivity (Wildman–Crippen MR) is 141 cm³/mol. The van der Waals surface area contributed by atoms with Crippen LogP contribution < -0.4 is 15.1 Å². The highest BCUT2D eigenvalue weighted by molar-refractivity contribution is 9.10. The Kier molecular flexibility index (Phi) is 6.86. The van der Waals surface area contributed by atoms with Gasteiger partial charge in [0.1, 0.15) is 17.1 Å². The van der Waals surface area contributed by atoms with E-state index >= 15 is 0 Å². The van der Waals surface area contributed by atoms with Gasteiger partial charge in [-0.15, -0.1) is 0 Å². The summed E-state index contributed by atoms with van der Waals surface area (Å²) >= 11 is 3.57. The molecule has 0 unspecified atom stereocenters. The summed E-state index contributed by atoms with van der Waals surface area (Å²) in [5, 5.41) is 0.818. The van der Waals surface area contributed by atoms with E-state index in [9.17, 15) is 9.59 Å². The molecular formula is C29H27BrO5. The number of halogens is 1. The molecule has 4 aromatic rings. The van der Waals surface area contributed by atoms with Gasteiger partial charge in [-0.3, -0.25) is 4.79 Å². The lowest BCUT2D eigenvalue weighted by Gasteiger charge is -2.17. The largest absolute Gasteiger partial charge is 0.495 e. The summed E-state index contributed by atoms with van der Waals surface area (Å²) in [6.45, 7) is 7.42. The van der Waals surface area contributed by atoms with Crippen molar-refractivity contribution in [2.45, 2.75) is 34.1 Å². The minimum absolute atomic E-state index is 0.294. The summed E-state index contributed by atoms with van der Waals surface area (Å²) in [4.78, 5) is 25.5. The molecule has 180 valence electrons. The Morgan fingerprint density at radius 3 is 2.34 bits per heavy atom. The molecule has 0 saturated carbocycles. The van der Waals surface area contributed by atoms with Crippen molar-refractivity contribution in [3.05, 3.63) is 92.2 Å². The third-order valence-corrected chi connectivity index (χ3v) is 6.45. The van der Waals surface area contributed by atoms with Crippen molar-refractivity contribution in [1.82, 2.24) is 0 Å². The Hall–Kier alpha value is -3.38. The standard InChI is InChI=1S/C29H27BrO5/c1-17-8-6-7-9-20(17)26-22(21-15-23(30)25(33-5)16-24(21)35-27(26)31)14-18-10-12-19(13-11-18)34-28(32)29(2,3)4/h6-13,15-16H,14H2,1-5H3. The molecule has 1 heterocycles. The van der Waals surface area contributed by atoms with Gasteiger partial charge >= 0.3 is 11.6 Å². The summed E-state index contributed by atoms with van der Waals surface area (Å²) in [6.07, 6.45) is 0.484. The van der Waals surface area contributed by atoms with Gasteiger partial charge in [0.15, 0.2) is 0 Å². The van der Waals surface area contributed by atoms with Crippen molar-refractivity contribution in [2.75, 3.05) is 7.11 Å². The Morgan fingerprint density at radius 2 is 1.71 bits per heavy atom. The first-order valence-electron chi connectivity index (χ1n) is 11.3. The van der Waals surface area contributed by atoms with Crippen LogP contribution in [0.15, 0.2) is 74.3 Å². The molecule has 0 radical (unpaired) electrons. The second kappa shape index (κ2) is 9.70. The summed E-state index contributed by atoms with van der Waals surface area (Å²) in [5.41, 5.74) is 3.64. The molecule has 0 amide bonds. The molecule has 6 heteroatoms. The van der Waals surface area contributed by atoms with E-state index in [1.54, 1.807) is 25.3 Å². The van der Waals surface area contributed by atoms with Crippen molar-refractivity contribution < 1.29 is 18.7 Å². The zero-order chi connectivity index (χ0) is 25.3. The van der Waals surface area contributed by atoms with Crippen LogP contribution in [0.4, 0.5) is 0 Å². The number of esters is 1. The molecule has 4 rings (SSSR count). The minimum Gasteiger partial charge on any atom is -0.495 e. The zero-order valence-corrected chi connectivity index (χ0v) is 22.0. The fourth-order valence-corrected chi connectivity index (χ4v) is 4.37. The summed E-state index contributed by atoms with van der Waals surface area (Å²) in [7, 11) is 1.57. The molecule has 0 aliphatic carbocycles. The number of ether oxygens (including phenoxy) is 2. The molecule has 0 aliphatic heterocycles. The maximum absolute atomic E-state index is 13.3. The Labute approximate surface area is 212 Å². The third kappa shape index (κ3) is 5.17. The lowest BCUT2D eigenvalue weighted by Crippen LogP contribution is -2.25. The number of hydrogen-bond donors (Lipinski definition) is 0. The summed E-state index contributed by atoms with van der Waals surface area (Å²) < 4.78 is 17.4. The fraction of sp³-hybridized carbons (Fsp3) is 0.241. The van der Waals surface area contributed by atoms with Crippen LogP contribution in [0.1, 0.15) is 37.5 Å². The maximum atomic E-state index is 13.3. The summed E-state index contributed by atoms with van der Waals surface area (Å²) in [6, 6.07) is 18.8. The van der Waals surface area contributed by atoms with Crippen molar-refractivity contribution in [1.29, 1.82) is 0 Å². The number of benzene rings is 3. The van der Waals surface area contributed by atoms with Gasteiger partial charge in [0, 0.05) is 11.5 Å². The molecule has 0 atom stereocenters. The predicted octanol–water partition coefficient (Wildman–Crippen LogP) is 7.08. The van der Waals surface area contributed by atoms with Crippen molar-refractivity contribution >= 4 is 32.9 Å². The molecule has 0 saturated heterocycles. The van der Waals surface area contributed by atoms with Crippen molar-refractivity contribution in [3.63, 3.8) is 0 Å². The topological polar surface area (TPSA) is 65.7 Å². The highest BCUT2D eigenvalue weighted by atomic mass is 79.9. The van der Waals surface area contributed by atoms with E-state index in [1.165, 1.54) is 0 Å². The molecule has 35 heavy (non-hydrogen) atoms. The minimum atomic E-state index is -0.591. The number of aryl methyl sites for hydroxylation is 1. The average molecular weight is 535 g/mol. The first-order chi connectivity index (χ1) is 16.6. The van der Waals surface area contributed by atoms with E-state index in [1.807, 2.05) is 70.2 Å². The first kappa shape index (κ1) is 24.7. The van der Waals surface area contributed by atoms with Gasteiger partial charge in [0.2, 0.25) is 0 Å². The van der Waals surface area contributed by atoms with Crippen LogP contribution in [0.3, 0.4) is 0 Å². The second-order valence-electron chi connectivity index (χ2n) is 9.50. The molecule has 0 aliphatic rings. The van der Waals surface area contributed by atoms with E-state index in [4.69, 9.17) is 13.9 Å². The normalized spacial score (nSPS) is 11.5. The number of hydrogen-bond acceptors (Lipinski definition) is 5. The van der Waals surface area contributed by atoms with Gasteiger partial charge in [-0.05, 0) is 90.5 Å². The molecule has 0 spiro atoms. The van der Waals surface area contributed by atoms with Crippen molar-refractivity contribution in [3.8, 4) is 22.6 Å². The van der Waals surface area contributed by atoms with Crippen LogP contribution >= 0.6 is 15.9 Å². The van der Waals surface area contributed by atoms with Gasteiger partial charge in [-0.2, -0.15) is 0 Å². The van der Waals surface area contributed by atoms with Gasteiger partial charge in [0.25, 0.3) is 0 Å². The number of fused-ring (bicyclic) bond motifs is 1. The molecule has 3 aromatic carbocycles. The Balaban J connectivity index is 1.84. The van der Waals surface area contributed by atoms with Gasteiger partial charge in [0.05, 0.1) is 22.6 Å². The van der Waals surface area contributed by atoms with Crippen LogP contribution in [0.2, 0.25) is 0 Å². The lowest BCUT2D eigenvalue weighted by atomic mass is 9.91. The van der Waals surface area contributed by atoms with E-state index < -0.39 is 11.0 Å². The molecule has 0 bridgehead atoms. The zero-order valence-electron chi connectivity index (χ0n) is 20.4. The first-order valence-corrected chi connectivity index (χ1v) is 12.1. The monoisotopic (exact) mass is 534 g/mol. The van der Waals surface area contributed by atoms with Crippen LogP contribution in [0, 0.1) is 12.3 Å². The van der Waals surface area contributed by atoms with Crippen molar-refractivity contribution in [2.24, 2.45) is 5.41 Å². The SMILES string of the molecule is COc1cc2oc(=O)c(-c3ccccc3C)c(Cc3ccc(OC(=O)C(C)(C)C)cc3)c2cc1Br. The number of methoxy groups -OCH3 is 1. The lowest BCUT2D eigenvalue weighted by molar-refractivity contribution is -0.143. The van der Waals surface area contributed by atoms with Gasteiger partial charge in [-0.25, -0.2) is 4.79 Å². The average Bonchev–Trinajstić information content (AvgIpc) is 2.80. The Morgan fingerprint density at radius 1 is 1.03 bits per heavy atom. The van der Waals surface area contributed by atoms with E-state index in [-0.39, 0.29) is 5.97 Å². The number of carbonyl (C=O) groups excluding carboxylic acids is 1. The quantitative estimate of drug-likeness (QED) is 0.155. The van der Waals surface area contributed by atoms with E-state index in [0.717, 1.165) is 32.1 Å². The Bertz CT molecular complexity index is 1460. The van der Waals surface area contributed by atoms with Gasteiger partial charge in [-0.1, -0.05) is 36.4 Å². The van der Waals surface area contributed by atoms with Crippen LogP contribution in [-0.4, -0.2) is 13.1 Å². The smallest absolute Gasteiger partial charge is 0.344 e. The number of carbonyl (C=O) groups is 1. The second-order valence-corrected chi connectivity index (χ2v) is 10.4. The maximum Gasteiger partial charge on any atom is 0.344 e.